The molecule has 0 aliphatic carbocycles. The maximum absolute atomic E-state index is 6.53. The number of fused-ring (bicyclic) bond motifs is 12. The molecule has 5 nitrogen and oxygen atoms in total. The number of para-hydroxylation sites is 1. The first-order chi connectivity index (χ1) is 24.9. The van der Waals surface area contributed by atoms with Gasteiger partial charge in [-0.25, -0.2) is 0 Å². The van der Waals surface area contributed by atoms with Crippen LogP contribution in [0.5, 0.6) is 11.5 Å². The van der Waals surface area contributed by atoms with E-state index < -0.39 is 0 Å². The molecule has 10 aromatic rings. The van der Waals surface area contributed by atoms with E-state index in [9.17, 15) is 0 Å². The van der Waals surface area contributed by atoms with Gasteiger partial charge in [-0.3, -0.25) is 9.97 Å². The third-order valence-electron chi connectivity index (χ3n) is 10.4. The quantitative estimate of drug-likeness (QED) is 0.131. The minimum atomic E-state index is 0. The Balaban J connectivity index is 0.00000360. The van der Waals surface area contributed by atoms with Crippen molar-refractivity contribution >= 4 is 54.6 Å². The van der Waals surface area contributed by atoms with E-state index in [-0.39, 0.29) is 21.1 Å². The van der Waals surface area contributed by atoms with Crippen LogP contribution in [0, 0.1) is 39.8 Å². The van der Waals surface area contributed by atoms with Gasteiger partial charge in [0.1, 0.15) is 0 Å². The van der Waals surface area contributed by atoms with Gasteiger partial charge in [-0.05, 0) is 83.5 Å². The first-order valence-electron chi connectivity index (χ1n) is 17.2. The maximum Gasteiger partial charge on any atom is 2.00 e. The Bertz CT molecular complexity index is 2980. The molecular formula is C46H32N4OPt. The van der Waals surface area contributed by atoms with Crippen LogP contribution in [0.25, 0.3) is 76.9 Å². The Morgan fingerprint density at radius 3 is 1.75 bits per heavy atom. The van der Waals surface area contributed by atoms with Gasteiger partial charge in [0, 0.05) is 52.9 Å². The van der Waals surface area contributed by atoms with Gasteiger partial charge in [0.15, 0.2) is 0 Å². The van der Waals surface area contributed by atoms with E-state index in [2.05, 4.69) is 134 Å². The summed E-state index contributed by atoms with van der Waals surface area (Å²) in [5, 5.41) is 6.26. The monoisotopic (exact) mass is 851 g/mol. The van der Waals surface area contributed by atoms with Crippen molar-refractivity contribution in [1.29, 1.82) is 0 Å². The van der Waals surface area contributed by atoms with Gasteiger partial charge in [0.2, 0.25) is 0 Å². The molecule has 0 radical (unpaired) electrons. The first kappa shape index (κ1) is 32.2. The van der Waals surface area contributed by atoms with Gasteiger partial charge < -0.3 is 13.5 Å². The summed E-state index contributed by atoms with van der Waals surface area (Å²) >= 11 is 0. The molecule has 0 saturated heterocycles. The molecule has 4 aromatic heterocycles. The van der Waals surface area contributed by atoms with E-state index in [0.717, 1.165) is 54.6 Å². The second kappa shape index (κ2) is 12.2. The topological polar surface area (TPSA) is 43.8 Å². The fourth-order valence-corrected chi connectivity index (χ4v) is 8.19. The largest absolute Gasteiger partial charge is 2.00 e. The predicted molar refractivity (Wildman–Crippen MR) is 208 cm³/mol. The van der Waals surface area contributed by atoms with E-state index in [1.165, 1.54) is 44.5 Å². The van der Waals surface area contributed by atoms with E-state index in [0.29, 0.717) is 11.5 Å². The van der Waals surface area contributed by atoms with Gasteiger partial charge in [-0.15, -0.1) is 12.1 Å². The van der Waals surface area contributed by atoms with Crippen molar-refractivity contribution in [3.05, 3.63) is 156 Å². The SMILES string of the molecule is Cc1cccc(C)c1-c1ccc2c(c1)c1ccc(Oc3[c-]c4c(cc3)c3cccc(-c5c(C)cccc5C)c3n3ccnc43)[c-]c1c1nccn21.[Pt+2]. The average molecular weight is 852 g/mol. The average Bonchev–Trinajstić information content (AvgIpc) is 3.83. The Labute approximate surface area is 315 Å². The fraction of sp³-hybridized carbons (Fsp3) is 0.0870. The molecule has 0 aliphatic heterocycles. The number of hydrogen-bond donors (Lipinski definition) is 0. The summed E-state index contributed by atoms with van der Waals surface area (Å²) in [5.74, 6) is 1.21. The second-order valence-electron chi connectivity index (χ2n) is 13.5. The number of rotatable bonds is 4. The molecule has 0 unspecified atom stereocenters. The summed E-state index contributed by atoms with van der Waals surface area (Å²) < 4.78 is 10.9. The minimum absolute atomic E-state index is 0. The molecule has 0 bridgehead atoms. The van der Waals surface area contributed by atoms with E-state index in [1.807, 2.05) is 36.9 Å². The molecule has 0 fully saturated rings. The van der Waals surface area contributed by atoms with E-state index in [1.54, 1.807) is 0 Å². The maximum atomic E-state index is 6.53. The molecule has 0 aliphatic rings. The van der Waals surface area contributed by atoms with Gasteiger partial charge in [-0.2, -0.15) is 0 Å². The zero-order chi connectivity index (χ0) is 34.4. The fourth-order valence-electron chi connectivity index (χ4n) is 8.19. The molecule has 0 spiro atoms. The Morgan fingerprint density at radius 1 is 0.538 bits per heavy atom. The van der Waals surface area contributed by atoms with Crippen molar-refractivity contribution in [3.8, 4) is 33.8 Å². The van der Waals surface area contributed by atoms with Crippen LogP contribution in [-0.2, 0) is 21.1 Å². The Hall–Kier alpha value is -5.77. The van der Waals surface area contributed by atoms with Crippen LogP contribution in [0.1, 0.15) is 22.3 Å². The van der Waals surface area contributed by atoms with Crippen LogP contribution in [0.4, 0.5) is 0 Å². The number of pyridine rings is 2. The number of aryl methyl sites for hydroxylation is 4. The molecule has 6 aromatic carbocycles. The normalized spacial score (nSPS) is 11.7. The predicted octanol–water partition coefficient (Wildman–Crippen LogP) is 11.6. The number of imidazole rings is 2. The summed E-state index contributed by atoms with van der Waals surface area (Å²) in [6.45, 7) is 8.71. The molecule has 52 heavy (non-hydrogen) atoms. The molecular weight excluding hydrogens is 820 g/mol. The molecule has 0 atom stereocenters. The molecule has 0 saturated carbocycles. The Kier molecular flexibility index (Phi) is 7.53. The van der Waals surface area contributed by atoms with Crippen LogP contribution in [-0.4, -0.2) is 18.8 Å². The van der Waals surface area contributed by atoms with Crippen LogP contribution in [0.3, 0.4) is 0 Å². The zero-order valence-electron chi connectivity index (χ0n) is 29.1. The molecule has 6 heteroatoms. The molecule has 0 amide bonds. The number of nitrogens with zero attached hydrogens (tertiary/aromatic N) is 4. The zero-order valence-corrected chi connectivity index (χ0v) is 31.3. The van der Waals surface area contributed by atoms with Crippen molar-refractivity contribution in [2.24, 2.45) is 0 Å². The van der Waals surface area contributed by atoms with Crippen molar-refractivity contribution in [3.63, 3.8) is 0 Å². The number of benzene rings is 6. The summed E-state index contributed by atoms with van der Waals surface area (Å²) in [6, 6.07) is 41.6. The third-order valence-corrected chi connectivity index (χ3v) is 10.4. The number of ether oxygens (including phenoxy) is 1. The van der Waals surface area contributed by atoms with Crippen molar-refractivity contribution in [2.75, 3.05) is 0 Å². The van der Waals surface area contributed by atoms with Crippen LogP contribution < -0.4 is 4.74 Å². The summed E-state index contributed by atoms with van der Waals surface area (Å²) in [5.41, 5.74) is 13.9. The van der Waals surface area contributed by atoms with Gasteiger partial charge in [-0.1, -0.05) is 113 Å². The summed E-state index contributed by atoms with van der Waals surface area (Å²) in [4.78, 5) is 9.57. The smallest absolute Gasteiger partial charge is 0.497 e. The standard InChI is InChI=1S/C46H32N4O.Pt/c1-27-8-5-9-28(2)42(27)31-14-19-41-38(24-31)35-18-16-33(26-40(35)45-47-20-22-49(41)45)51-32-15-17-34-36-12-7-13-37(43-29(3)10-6-11-30(43)4)44(36)50-23-21-48-46(50)39(34)25-32;/h5-24H,1-4H3;/q-2;+2. The minimum Gasteiger partial charge on any atom is -0.497 e. The first-order valence-corrected chi connectivity index (χ1v) is 17.2. The van der Waals surface area contributed by atoms with Crippen LogP contribution in [0.2, 0.25) is 0 Å². The van der Waals surface area contributed by atoms with Gasteiger partial charge in [0.25, 0.3) is 0 Å². The molecule has 10 rings (SSSR count). The van der Waals surface area contributed by atoms with Crippen molar-refractivity contribution in [2.45, 2.75) is 27.7 Å². The van der Waals surface area contributed by atoms with Crippen molar-refractivity contribution < 1.29 is 25.8 Å². The third kappa shape index (κ3) is 4.80. The van der Waals surface area contributed by atoms with E-state index in [4.69, 9.17) is 14.7 Å². The second-order valence-corrected chi connectivity index (χ2v) is 13.5. The molecule has 4 heterocycles. The van der Waals surface area contributed by atoms with Gasteiger partial charge >= 0.3 is 21.1 Å². The van der Waals surface area contributed by atoms with Crippen molar-refractivity contribution in [1.82, 2.24) is 18.8 Å². The summed E-state index contributed by atoms with van der Waals surface area (Å²) in [7, 11) is 0. The Morgan fingerprint density at radius 2 is 1.10 bits per heavy atom. The summed E-state index contributed by atoms with van der Waals surface area (Å²) in [6.07, 6.45) is 7.76. The van der Waals surface area contributed by atoms with Crippen LogP contribution in [0.15, 0.2) is 122 Å². The number of hydrogen-bond acceptors (Lipinski definition) is 3. The van der Waals surface area contributed by atoms with Crippen LogP contribution >= 0.6 is 0 Å². The van der Waals surface area contributed by atoms with E-state index >= 15 is 0 Å². The van der Waals surface area contributed by atoms with Gasteiger partial charge in [0.05, 0.1) is 11.3 Å². The number of aromatic nitrogens is 4. The molecule has 252 valence electrons. The molecule has 0 N–H and O–H groups in total.